The zero-order valence-corrected chi connectivity index (χ0v) is 14.7. The highest BCUT2D eigenvalue weighted by Crippen LogP contribution is 2.32. The Morgan fingerprint density at radius 1 is 0.926 bits per heavy atom. The van der Waals surface area contributed by atoms with Crippen molar-refractivity contribution < 1.29 is 0 Å². The zero-order chi connectivity index (χ0) is 17.8. The van der Waals surface area contributed by atoms with Crippen LogP contribution in [0.2, 0.25) is 0 Å². The third-order valence-electron chi connectivity index (χ3n) is 4.45. The average molecular weight is 369 g/mol. The summed E-state index contributed by atoms with van der Waals surface area (Å²) < 4.78 is 3.66. The number of aromatic nitrogens is 7. The Bertz CT molecular complexity index is 1410. The van der Waals surface area contributed by atoms with Gasteiger partial charge in [0.1, 0.15) is 22.4 Å². The van der Waals surface area contributed by atoms with Gasteiger partial charge in [0.15, 0.2) is 0 Å². The molecule has 6 aromatic rings. The van der Waals surface area contributed by atoms with E-state index in [2.05, 4.69) is 26.2 Å². The van der Waals surface area contributed by atoms with Crippen molar-refractivity contribution in [3.63, 3.8) is 0 Å². The lowest BCUT2D eigenvalue weighted by molar-refractivity contribution is 0.903. The van der Waals surface area contributed by atoms with Crippen molar-refractivity contribution in [2.75, 3.05) is 0 Å². The number of nitrogens with zero attached hydrogens (tertiary/aromatic N) is 7. The minimum atomic E-state index is 0.811. The van der Waals surface area contributed by atoms with Crippen LogP contribution in [0.3, 0.4) is 0 Å². The van der Waals surface area contributed by atoms with Gasteiger partial charge in [0, 0.05) is 18.0 Å². The summed E-state index contributed by atoms with van der Waals surface area (Å²) >= 11 is 1.59. The van der Waals surface area contributed by atoms with Gasteiger partial charge in [-0.05, 0) is 36.4 Å². The molecule has 0 amide bonds. The number of fused-ring (bicyclic) bond motifs is 3. The van der Waals surface area contributed by atoms with Gasteiger partial charge in [0.05, 0.1) is 34.0 Å². The molecule has 0 fully saturated rings. The van der Waals surface area contributed by atoms with Gasteiger partial charge in [-0.15, -0.1) is 11.3 Å². The van der Waals surface area contributed by atoms with Crippen LogP contribution in [0, 0.1) is 0 Å². The molecule has 0 spiro atoms. The predicted molar refractivity (Wildman–Crippen MR) is 104 cm³/mol. The van der Waals surface area contributed by atoms with Crippen LogP contribution < -0.4 is 0 Å². The summed E-state index contributed by atoms with van der Waals surface area (Å²) in [6, 6.07) is 12.2. The molecule has 7 nitrogen and oxygen atoms in total. The summed E-state index contributed by atoms with van der Waals surface area (Å²) in [6.07, 6.45) is 8.97. The summed E-state index contributed by atoms with van der Waals surface area (Å²) in [4.78, 5) is 15.4. The van der Waals surface area contributed by atoms with E-state index < -0.39 is 0 Å². The molecule has 0 N–H and O–H groups in total. The fourth-order valence-corrected chi connectivity index (χ4v) is 4.05. The van der Waals surface area contributed by atoms with E-state index in [1.165, 1.54) is 6.33 Å². The third-order valence-corrected chi connectivity index (χ3v) is 5.51. The van der Waals surface area contributed by atoms with Gasteiger partial charge in [0.2, 0.25) is 0 Å². The van der Waals surface area contributed by atoms with E-state index in [0.717, 1.165) is 43.2 Å². The van der Waals surface area contributed by atoms with E-state index in [9.17, 15) is 0 Å². The van der Waals surface area contributed by atoms with Gasteiger partial charge < -0.3 is 0 Å². The van der Waals surface area contributed by atoms with E-state index in [0.29, 0.717) is 0 Å². The van der Waals surface area contributed by atoms with Gasteiger partial charge in [-0.1, -0.05) is 0 Å². The number of rotatable bonds is 2. The Balaban J connectivity index is 1.46. The highest BCUT2D eigenvalue weighted by molar-refractivity contribution is 7.21. The molecule has 0 bridgehead atoms. The van der Waals surface area contributed by atoms with Crippen molar-refractivity contribution in [3.8, 4) is 21.8 Å². The van der Waals surface area contributed by atoms with E-state index in [1.807, 2.05) is 47.2 Å². The molecular weight excluding hydrogens is 358 g/mol. The van der Waals surface area contributed by atoms with Crippen molar-refractivity contribution in [1.82, 2.24) is 34.2 Å². The summed E-state index contributed by atoms with van der Waals surface area (Å²) in [5.74, 6) is 0. The topological polar surface area (TPSA) is 73.3 Å². The highest BCUT2D eigenvalue weighted by Gasteiger charge is 2.11. The van der Waals surface area contributed by atoms with Crippen LogP contribution in [-0.2, 0) is 0 Å². The predicted octanol–water partition coefficient (Wildman–Crippen LogP) is 3.72. The van der Waals surface area contributed by atoms with Gasteiger partial charge in [-0.25, -0.2) is 24.0 Å². The second kappa shape index (κ2) is 5.42. The molecule has 0 aromatic carbocycles. The van der Waals surface area contributed by atoms with Crippen LogP contribution in [0.1, 0.15) is 0 Å². The van der Waals surface area contributed by atoms with Crippen molar-refractivity contribution >= 4 is 32.7 Å². The Hall–Kier alpha value is -3.65. The number of thiophene rings is 1. The lowest BCUT2D eigenvalue weighted by atomic mass is 10.2. The van der Waals surface area contributed by atoms with Crippen LogP contribution in [0.25, 0.3) is 43.2 Å². The Morgan fingerprint density at radius 3 is 2.89 bits per heavy atom. The van der Waals surface area contributed by atoms with Gasteiger partial charge in [0.25, 0.3) is 0 Å². The molecule has 6 aromatic heterocycles. The molecule has 27 heavy (non-hydrogen) atoms. The Morgan fingerprint density at radius 2 is 1.93 bits per heavy atom. The van der Waals surface area contributed by atoms with Crippen molar-refractivity contribution in [3.05, 3.63) is 67.5 Å². The molecule has 0 aliphatic carbocycles. The largest absolute Gasteiger partial charge is 0.244 e. The number of hydrogen-bond acceptors (Lipinski definition) is 6. The van der Waals surface area contributed by atoms with Crippen molar-refractivity contribution in [2.45, 2.75) is 0 Å². The molecule has 0 aliphatic heterocycles. The van der Waals surface area contributed by atoms with Crippen LogP contribution >= 0.6 is 11.3 Å². The van der Waals surface area contributed by atoms with Gasteiger partial charge in [-0.2, -0.15) is 10.2 Å². The van der Waals surface area contributed by atoms with Crippen molar-refractivity contribution in [1.29, 1.82) is 0 Å². The molecule has 0 unspecified atom stereocenters. The summed E-state index contributed by atoms with van der Waals surface area (Å²) in [7, 11) is 0. The van der Waals surface area contributed by atoms with E-state index in [4.69, 9.17) is 4.98 Å². The third kappa shape index (κ3) is 2.31. The second-order valence-corrected chi connectivity index (χ2v) is 7.19. The standard InChI is InChI=1S/C19H11N7S/c1-2-13-3-4-15(24-25(13)5-1)18-7-16-19(27-18)21-9-17(23-16)12-6-14-8-20-11-22-26(14)10-12/h1-11H. The fourth-order valence-electron chi connectivity index (χ4n) is 3.14. The maximum absolute atomic E-state index is 4.79. The SMILES string of the molecule is c1cc2ccc(-c3cc4nc(-c5cc6cncnn6c5)cnc4s3)nn2c1. The second-order valence-electron chi connectivity index (χ2n) is 6.16. The Kier molecular flexibility index (Phi) is 2.91. The molecule has 0 radical (unpaired) electrons. The average Bonchev–Trinajstić information content (AvgIpc) is 3.42. The van der Waals surface area contributed by atoms with E-state index in [-0.39, 0.29) is 0 Å². The number of hydrogen-bond donors (Lipinski definition) is 0. The Labute approximate surface area is 156 Å². The maximum atomic E-state index is 4.79. The fraction of sp³-hybridized carbons (Fsp3) is 0. The molecule has 0 saturated carbocycles. The first-order valence-corrected chi connectivity index (χ1v) is 9.15. The monoisotopic (exact) mass is 369 g/mol. The lowest BCUT2D eigenvalue weighted by Gasteiger charge is -1.98. The lowest BCUT2D eigenvalue weighted by Crippen LogP contribution is -1.90. The van der Waals surface area contributed by atoms with Crippen LogP contribution in [0.4, 0.5) is 0 Å². The maximum Gasteiger partial charge on any atom is 0.142 e. The van der Waals surface area contributed by atoms with Crippen LogP contribution in [0.5, 0.6) is 0 Å². The van der Waals surface area contributed by atoms with Crippen LogP contribution in [0.15, 0.2) is 67.5 Å². The summed E-state index contributed by atoms with van der Waals surface area (Å²) in [6.45, 7) is 0. The zero-order valence-electron chi connectivity index (χ0n) is 13.9. The first kappa shape index (κ1) is 14.5. The highest BCUT2D eigenvalue weighted by atomic mass is 32.1. The minimum absolute atomic E-state index is 0.811. The molecule has 128 valence electrons. The first-order chi connectivity index (χ1) is 13.3. The van der Waals surface area contributed by atoms with E-state index in [1.54, 1.807) is 28.2 Å². The minimum Gasteiger partial charge on any atom is -0.244 e. The molecule has 8 heteroatoms. The van der Waals surface area contributed by atoms with Crippen molar-refractivity contribution in [2.24, 2.45) is 0 Å². The molecule has 0 saturated heterocycles. The van der Waals surface area contributed by atoms with Gasteiger partial charge in [-0.3, -0.25) is 0 Å². The van der Waals surface area contributed by atoms with E-state index >= 15 is 0 Å². The van der Waals surface area contributed by atoms with Gasteiger partial charge >= 0.3 is 0 Å². The quantitative estimate of drug-likeness (QED) is 0.465. The smallest absolute Gasteiger partial charge is 0.142 e. The molecule has 0 aliphatic rings. The van der Waals surface area contributed by atoms with Crippen LogP contribution in [-0.4, -0.2) is 34.2 Å². The molecule has 0 atom stereocenters. The summed E-state index contributed by atoms with van der Waals surface area (Å²) in [5, 5.41) is 8.87. The normalized spacial score (nSPS) is 11.7. The summed E-state index contributed by atoms with van der Waals surface area (Å²) in [5.41, 5.74) is 5.54. The first-order valence-electron chi connectivity index (χ1n) is 8.34. The molecule has 6 rings (SSSR count). The molecule has 6 heterocycles. The molecular formula is C19H11N7S.